The number of rotatable bonds is 66. The van der Waals surface area contributed by atoms with Crippen LogP contribution >= 0.6 is 0 Å². The summed E-state index contributed by atoms with van der Waals surface area (Å²) in [6.45, 7) is 23.4. The third-order valence-corrected chi connectivity index (χ3v) is 9.76. The summed E-state index contributed by atoms with van der Waals surface area (Å²) in [6.07, 6.45) is -0.561. The summed E-state index contributed by atoms with van der Waals surface area (Å²) >= 11 is 0. The Balaban J connectivity index is 1.08. The molecule has 2 aliphatic rings. The van der Waals surface area contributed by atoms with Crippen molar-refractivity contribution in [2.75, 3.05) is 317 Å². The van der Waals surface area contributed by atoms with E-state index in [9.17, 15) is 9.59 Å². The minimum absolute atomic E-state index is 0.249. The first-order valence-electron chi connectivity index (χ1n) is 27.2. The fourth-order valence-corrected chi connectivity index (χ4v) is 5.52. The molecule has 0 aromatic heterocycles. The number of carbonyl (C=O) groups is 2. The molecule has 0 bridgehead atoms. The van der Waals surface area contributed by atoms with Crippen LogP contribution < -0.4 is 0 Å². The second-order valence-electron chi connectivity index (χ2n) is 16.1. The van der Waals surface area contributed by atoms with Gasteiger partial charge in [0.15, 0.2) is 0 Å². The lowest BCUT2D eigenvalue weighted by Gasteiger charge is -2.09. The van der Waals surface area contributed by atoms with Gasteiger partial charge in [-0.25, -0.2) is 9.59 Å². The van der Waals surface area contributed by atoms with E-state index in [2.05, 4.69) is 0 Å². The molecule has 0 spiro atoms. The summed E-state index contributed by atoms with van der Waals surface area (Å²) in [5.41, 5.74) is 0. The number of amides is 2. The maximum absolute atomic E-state index is 11.3. The zero-order valence-electron chi connectivity index (χ0n) is 46.0. The van der Waals surface area contributed by atoms with Gasteiger partial charge in [-0.3, -0.25) is 0 Å². The minimum Gasteiger partial charge on any atom is -0.447 e. The van der Waals surface area contributed by atoms with E-state index in [0.717, 1.165) is 26.2 Å². The topological polar surface area (TPSA) is 252 Å². The summed E-state index contributed by atoms with van der Waals surface area (Å²) in [5, 5.41) is 0. The van der Waals surface area contributed by atoms with Gasteiger partial charge in [0.2, 0.25) is 0 Å². The molecule has 27 nitrogen and oxygen atoms in total. The molecule has 0 aromatic carbocycles. The van der Waals surface area contributed by atoms with Gasteiger partial charge in [0, 0.05) is 26.2 Å². The lowest BCUT2D eigenvalue weighted by molar-refractivity contribution is -0.0317. The van der Waals surface area contributed by atoms with Gasteiger partial charge >= 0.3 is 12.2 Å². The van der Waals surface area contributed by atoms with Gasteiger partial charge in [0.05, 0.1) is 277 Å². The fourth-order valence-electron chi connectivity index (χ4n) is 5.52. The molecule has 0 radical (unpaired) electrons. The molecule has 27 heteroatoms. The van der Waals surface area contributed by atoms with E-state index in [1.54, 1.807) is 9.80 Å². The highest BCUT2D eigenvalue weighted by Crippen LogP contribution is 2.06. The molecule has 2 fully saturated rings. The average molecular weight is 1130 g/mol. The number of ether oxygens (including phenoxy) is 23. The smallest absolute Gasteiger partial charge is 0.409 e. The third kappa shape index (κ3) is 56.8. The van der Waals surface area contributed by atoms with Crippen LogP contribution in [-0.2, 0) is 109 Å². The van der Waals surface area contributed by atoms with Gasteiger partial charge in [-0.2, -0.15) is 0 Å². The highest BCUT2D eigenvalue weighted by Gasteiger charge is 2.26. The maximum Gasteiger partial charge on any atom is 0.409 e. The molecule has 2 aliphatic heterocycles. The lowest BCUT2D eigenvalue weighted by atomic mass is 10.6. The highest BCUT2D eigenvalue weighted by molar-refractivity contribution is 5.70. The Labute approximate surface area is 456 Å². The number of nitrogens with zero attached hydrogens (tertiary/aromatic N) is 2. The van der Waals surface area contributed by atoms with Crippen LogP contribution in [0.25, 0.3) is 0 Å². The van der Waals surface area contributed by atoms with Crippen LogP contribution in [-0.4, -0.2) is 339 Å². The van der Waals surface area contributed by atoms with Crippen LogP contribution in [0.3, 0.4) is 0 Å². The predicted molar refractivity (Wildman–Crippen MR) is 273 cm³/mol. The Kier molecular flexibility index (Phi) is 55.0. The molecule has 0 unspecified atom stereocenters. The van der Waals surface area contributed by atoms with E-state index in [1.165, 1.54) is 0 Å². The van der Waals surface area contributed by atoms with Crippen molar-refractivity contribution in [3.63, 3.8) is 0 Å². The van der Waals surface area contributed by atoms with Gasteiger partial charge in [0.25, 0.3) is 0 Å². The molecule has 0 atom stereocenters. The van der Waals surface area contributed by atoms with Crippen LogP contribution in [0, 0.1) is 0 Å². The van der Waals surface area contributed by atoms with E-state index in [1.807, 2.05) is 0 Å². The molecular formula is C50H96N2O25. The van der Waals surface area contributed by atoms with Crippen molar-refractivity contribution < 1.29 is 119 Å². The van der Waals surface area contributed by atoms with Crippen molar-refractivity contribution in [3.05, 3.63) is 0 Å². The van der Waals surface area contributed by atoms with Gasteiger partial charge in [-0.15, -0.1) is 0 Å². The molecule has 2 rings (SSSR count). The second kappa shape index (κ2) is 59.8. The third-order valence-electron chi connectivity index (χ3n) is 9.76. The van der Waals surface area contributed by atoms with Crippen molar-refractivity contribution >= 4 is 12.2 Å². The van der Waals surface area contributed by atoms with Crippen LogP contribution in [0.1, 0.15) is 0 Å². The van der Waals surface area contributed by atoms with Crippen LogP contribution in [0.2, 0.25) is 0 Å². The Hall–Kier alpha value is -2.30. The standard InChI is InChI=1S/C50H96N2O25/c53-49(51-1-2-51)76-47-45-74-43-41-72-39-37-70-35-33-68-31-29-66-27-25-64-23-21-62-19-17-60-15-13-58-11-9-56-7-5-55-6-8-57-10-12-59-14-16-61-18-20-63-22-24-65-26-28-67-30-32-69-34-36-71-38-40-73-42-44-75-46-48-77-50(54)52-3-4-52/h1-48H2. The largest absolute Gasteiger partial charge is 0.447 e. The second-order valence-corrected chi connectivity index (χ2v) is 16.1. The van der Waals surface area contributed by atoms with Crippen LogP contribution in [0.4, 0.5) is 9.59 Å². The zero-order chi connectivity index (χ0) is 54.5. The molecule has 2 heterocycles. The summed E-state index contributed by atoms with van der Waals surface area (Å²) in [6, 6.07) is 0. The number of hydrogen-bond donors (Lipinski definition) is 0. The highest BCUT2D eigenvalue weighted by atomic mass is 16.6. The molecule has 0 N–H and O–H groups in total. The Morgan fingerprint density at radius 1 is 0.169 bits per heavy atom. The van der Waals surface area contributed by atoms with Crippen molar-refractivity contribution in [1.82, 2.24) is 9.80 Å². The van der Waals surface area contributed by atoms with Crippen LogP contribution in [0.15, 0.2) is 0 Å². The predicted octanol–water partition coefficient (Wildman–Crippen LogP) is 0.239. The van der Waals surface area contributed by atoms with Gasteiger partial charge in [-0.1, -0.05) is 0 Å². The summed E-state index contributed by atoms with van der Waals surface area (Å²) in [5.74, 6) is 0. The first-order valence-corrected chi connectivity index (χ1v) is 27.2. The van der Waals surface area contributed by atoms with Gasteiger partial charge in [0.1, 0.15) is 13.2 Å². The molecule has 0 aromatic rings. The molecule has 2 saturated heterocycles. The zero-order valence-corrected chi connectivity index (χ0v) is 46.0. The summed E-state index contributed by atoms with van der Waals surface area (Å²) in [7, 11) is 0. The van der Waals surface area contributed by atoms with Crippen molar-refractivity contribution in [3.8, 4) is 0 Å². The quantitative estimate of drug-likeness (QED) is 0.0584. The first-order chi connectivity index (χ1) is 38.3. The molecule has 456 valence electrons. The monoisotopic (exact) mass is 1120 g/mol. The van der Waals surface area contributed by atoms with Crippen molar-refractivity contribution in [1.29, 1.82) is 0 Å². The van der Waals surface area contributed by atoms with Gasteiger partial charge < -0.3 is 119 Å². The molecule has 0 saturated carbocycles. The number of hydrogen-bond acceptors (Lipinski definition) is 25. The number of carbonyl (C=O) groups excluding carboxylic acids is 2. The van der Waals surface area contributed by atoms with Gasteiger partial charge in [-0.05, 0) is 0 Å². The molecule has 0 aliphatic carbocycles. The van der Waals surface area contributed by atoms with Crippen molar-refractivity contribution in [2.24, 2.45) is 0 Å². The molecule has 77 heavy (non-hydrogen) atoms. The Morgan fingerprint density at radius 2 is 0.260 bits per heavy atom. The average Bonchev–Trinajstić information content (AvgIpc) is 4.38. The fraction of sp³-hybridized carbons (Fsp3) is 0.960. The Morgan fingerprint density at radius 3 is 0.351 bits per heavy atom. The molecule has 2 amide bonds. The van der Waals surface area contributed by atoms with E-state index in [4.69, 9.17) is 109 Å². The van der Waals surface area contributed by atoms with E-state index in [-0.39, 0.29) is 25.4 Å². The normalized spacial score (nSPS) is 13.0. The van der Waals surface area contributed by atoms with E-state index >= 15 is 0 Å². The Bertz CT molecular complexity index is 1130. The SMILES string of the molecule is O=C(OCCOCCOCCOCCOCCOCCOCCOCCOCCOCCOCCOCCOCCOCCOCCOCCOCCOCCOCCOCCOCCOCCOC(=O)N1CC1)N1CC1. The summed E-state index contributed by atoms with van der Waals surface area (Å²) < 4.78 is 125. The lowest BCUT2D eigenvalue weighted by Crippen LogP contribution is -2.17. The van der Waals surface area contributed by atoms with Crippen LogP contribution in [0.5, 0.6) is 0 Å². The minimum atomic E-state index is -0.280. The van der Waals surface area contributed by atoms with E-state index < -0.39 is 0 Å². The first kappa shape index (κ1) is 70.8. The summed E-state index contributed by atoms with van der Waals surface area (Å²) in [4.78, 5) is 25.9. The maximum atomic E-state index is 11.3. The molecular weight excluding hydrogens is 1030 g/mol. The van der Waals surface area contributed by atoms with E-state index in [0.29, 0.717) is 277 Å². The van der Waals surface area contributed by atoms with Crippen molar-refractivity contribution in [2.45, 2.75) is 0 Å².